The lowest BCUT2D eigenvalue weighted by Gasteiger charge is -2.22. The van der Waals surface area contributed by atoms with E-state index in [1.807, 2.05) is 11.9 Å². The Hall–Kier alpha value is -2.64. The first-order chi connectivity index (χ1) is 13.9. The summed E-state index contributed by atoms with van der Waals surface area (Å²) >= 11 is 0. The summed E-state index contributed by atoms with van der Waals surface area (Å²) in [6.07, 6.45) is 4.76. The molecule has 1 aliphatic heterocycles. The van der Waals surface area contributed by atoms with Crippen molar-refractivity contribution in [3.63, 3.8) is 0 Å². The third kappa shape index (κ3) is 4.36. The summed E-state index contributed by atoms with van der Waals surface area (Å²) in [7, 11) is 1.81. The van der Waals surface area contributed by atoms with Crippen molar-refractivity contribution in [2.45, 2.75) is 25.2 Å². The van der Waals surface area contributed by atoms with E-state index >= 15 is 0 Å². The number of hydrogen-bond donors (Lipinski definition) is 0. The molecule has 1 aromatic heterocycles. The first-order valence-electron chi connectivity index (χ1n) is 9.85. The molecule has 0 radical (unpaired) electrons. The highest BCUT2D eigenvalue weighted by Crippen LogP contribution is 2.52. The van der Waals surface area contributed by atoms with E-state index in [0.717, 1.165) is 37.2 Å². The van der Waals surface area contributed by atoms with Crippen molar-refractivity contribution in [3.8, 4) is 0 Å². The summed E-state index contributed by atoms with van der Waals surface area (Å²) in [5.41, 5.74) is 0.817. The molecule has 2 aliphatic rings. The Balaban J connectivity index is 1.26. The van der Waals surface area contributed by atoms with E-state index in [0.29, 0.717) is 31.5 Å². The highest BCUT2D eigenvalue weighted by molar-refractivity contribution is 5.81. The van der Waals surface area contributed by atoms with Crippen LogP contribution in [0, 0.1) is 29.3 Å². The number of aromatic nitrogens is 2. The number of carbonyl (C=O) groups excluding carboxylic acids is 1. The summed E-state index contributed by atoms with van der Waals surface area (Å²) in [5, 5.41) is 0. The number of benzene rings is 1. The highest BCUT2D eigenvalue weighted by Gasteiger charge is 2.43. The minimum absolute atomic E-state index is 0.0114. The van der Waals surface area contributed by atoms with Crippen molar-refractivity contribution >= 4 is 11.9 Å². The fraction of sp³-hybridized carbons (Fsp3) is 0.476. The molecule has 3 atom stereocenters. The molecule has 1 amide bonds. The zero-order valence-electron chi connectivity index (χ0n) is 16.2. The molecule has 2 unspecified atom stereocenters. The number of amides is 1. The third-order valence-electron chi connectivity index (χ3n) is 5.94. The molecule has 0 spiro atoms. The predicted octanol–water partition coefficient (Wildman–Crippen LogP) is 3.37. The lowest BCUT2D eigenvalue weighted by Crippen LogP contribution is -2.35. The lowest BCUT2D eigenvalue weighted by molar-refractivity contribution is -0.131. The summed E-state index contributed by atoms with van der Waals surface area (Å²) in [4.78, 5) is 24.2. The highest BCUT2D eigenvalue weighted by atomic mass is 19.2. The molecular weight excluding hydrogens is 381 g/mol. The second-order valence-electron chi connectivity index (χ2n) is 7.95. The summed E-state index contributed by atoms with van der Waals surface area (Å²) in [6, 6.07) is 4.08. The van der Waals surface area contributed by atoms with Gasteiger partial charge in [-0.25, -0.2) is 23.1 Å². The van der Waals surface area contributed by atoms with Gasteiger partial charge in [0.1, 0.15) is 0 Å². The quantitative estimate of drug-likeness (QED) is 0.710. The second kappa shape index (κ2) is 8.00. The van der Waals surface area contributed by atoms with Crippen LogP contribution < -0.4 is 4.90 Å². The van der Waals surface area contributed by atoms with Gasteiger partial charge in [-0.15, -0.1) is 0 Å². The van der Waals surface area contributed by atoms with Gasteiger partial charge < -0.3 is 9.80 Å². The van der Waals surface area contributed by atoms with Crippen LogP contribution in [0.1, 0.15) is 30.7 Å². The average Bonchev–Trinajstić information content (AvgIpc) is 3.39. The predicted molar refractivity (Wildman–Crippen MR) is 102 cm³/mol. The van der Waals surface area contributed by atoms with Crippen molar-refractivity contribution < 1.29 is 18.0 Å². The maximum absolute atomic E-state index is 13.4. The lowest BCUT2D eigenvalue weighted by atomic mass is 9.98. The van der Waals surface area contributed by atoms with Gasteiger partial charge >= 0.3 is 0 Å². The molecule has 2 fully saturated rings. The number of carbonyl (C=O) groups is 1. The van der Waals surface area contributed by atoms with Crippen LogP contribution in [0.2, 0.25) is 0 Å². The Kier molecular flexibility index (Phi) is 5.43. The van der Waals surface area contributed by atoms with Gasteiger partial charge in [0.2, 0.25) is 11.9 Å². The monoisotopic (exact) mass is 404 g/mol. The molecule has 1 saturated carbocycles. The van der Waals surface area contributed by atoms with Gasteiger partial charge in [0.15, 0.2) is 17.5 Å². The second-order valence-corrected chi connectivity index (χ2v) is 7.95. The normalized spacial score (nSPS) is 23.5. The number of rotatable bonds is 7. The molecule has 0 bridgehead atoms. The van der Waals surface area contributed by atoms with Crippen molar-refractivity contribution in [3.05, 3.63) is 53.6 Å². The Morgan fingerprint density at radius 1 is 1.17 bits per heavy atom. The van der Waals surface area contributed by atoms with E-state index in [-0.39, 0.29) is 17.7 Å². The van der Waals surface area contributed by atoms with Crippen LogP contribution in [0.25, 0.3) is 0 Å². The molecule has 1 aromatic carbocycles. The van der Waals surface area contributed by atoms with Gasteiger partial charge in [0, 0.05) is 32.6 Å². The van der Waals surface area contributed by atoms with Crippen LogP contribution in [-0.2, 0) is 4.79 Å². The number of likely N-dealkylation sites (tertiary alicyclic amines) is 1. The average molecular weight is 404 g/mol. The number of halogens is 3. The van der Waals surface area contributed by atoms with E-state index in [1.165, 1.54) is 12.1 Å². The Bertz CT molecular complexity index is 892. The largest absolute Gasteiger partial charge is 0.342 e. The smallest absolute Gasteiger partial charge is 0.225 e. The van der Waals surface area contributed by atoms with E-state index in [1.54, 1.807) is 11.0 Å². The number of anilines is 1. The standard InChI is InChI=1S/C21H23F3N4O/c1-27(21-25-11-16(22)12-26-21)6-7-28-5-4-14(20(28)29)8-15-9-17(15)13-2-3-18(23)19(24)10-13/h2-3,10-12,14-15,17H,4-9H2,1H3/t14-,15?,17?/m1/s1. The molecule has 154 valence electrons. The Morgan fingerprint density at radius 3 is 2.66 bits per heavy atom. The van der Waals surface area contributed by atoms with E-state index in [2.05, 4.69) is 9.97 Å². The maximum Gasteiger partial charge on any atom is 0.225 e. The number of nitrogens with zero attached hydrogens (tertiary/aromatic N) is 4. The molecule has 5 nitrogen and oxygen atoms in total. The van der Waals surface area contributed by atoms with E-state index in [9.17, 15) is 18.0 Å². The SMILES string of the molecule is CN(CCN1CC[C@H](CC2CC2c2ccc(F)c(F)c2)C1=O)c1ncc(F)cn1. The van der Waals surface area contributed by atoms with Gasteiger partial charge in [-0.2, -0.15) is 0 Å². The minimum Gasteiger partial charge on any atom is -0.342 e. The molecule has 4 rings (SSSR count). The topological polar surface area (TPSA) is 49.3 Å². The molecule has 8 heteroatoms. The van der Waals surface area contributed by atoms with Crippen molar-refractivity contribution in [1.29, 1.82) is 0 Å². The van der Waals surface area contributed by atoms with Crippen LogP contribution in [0.4, 0.5) is 19.1 Å². The molecule has 2 aromatic rings. The van der Waals surface area contributed by atoms with Crippen molar-refractivity contribution in [2.24, 2.45) is 11.8 Å². The van der Waals surface area contributed by atoms with Gasteiger partial charge in [0.05, 0.1) is 12.4 Å². The van der Waals surface area contributed by atoms with Crippen LogP contribution in [0.3, 0.4) is 0 Å². The third-order valence-corrected chi connectivity index (χ3v) is 5.94. The van der Waals surface area contributed by atoms with Crippen molar-refractivity contribution in [2.75, 3.05) is 31.6 Å². The summed E-state index contributed by atoms with van der Waals surface area (Å²) in [6.45, 7) is 1.83. The van der Waals surface area contributed by atoms with E-state index in [4.69, 9.17) is 0 Å². The molecular formula is C21H23F3N4O. The molecule has 1 saturated heterocycles. The number of likely N-dealkylation sites (N-methyl/N-ethyl adjacent to an activating group) is 1. The van der Waals surface area contributed by atoms with E-state index < -0.39 is 17.5 Å². The fourth-order valence-electron chi connectivity index (χ4n) is 4.14. The van der Waals surface area contributed by atoms with Crippen LogP contribution >= 0.6 is 0 Å². The molecule has 2 heterocycles. The first kappa shape index (κ1) is 19.7. The maximum atomic E-state index is 13.4. The number of hydrogen-bond acceptors (Lipinski definition) is 4. The Labute approximate surface area is 167 Å². The Morgan fingerprint density at radius 2 is 1.93 bits per heavy atom. The van der Waals surface area contributed by atoms with Crippen LogP contribution in [0.15, 0.2) is 30.6 Å². The van der Waals surface area contributed by atoms with Gasteiger partial charge in [-0.3, -0.25) is 4.79 Å². The molecule has 29 heavy (non-hydrogen) atoms. The fourth-order valence-corrected chi connectivity index (χ4v) is 4.14. The minimum atomic E-state index is -0.830. The van der Waals surface area contributed by atoms with Crippen LogP contribution in [0.5, 0.6) is 0 Å². The summed E-state index contributed by atoms with van der Waals surface area (Å²) in [5.74, 6) is -1.01. The van der Waals surface area contributed by atoms with Crippen LogP contribution in [-0.4, -0.2) is 47.5 Å². The van der Waals surface area contributed by atoms with Crippen molar-refractivity contribution in [1.82, 2.24) is 14.9 Å². The first-order valence-corrected chi connectivity index (χ1v) is 9.85. The van der Waals surface area contributed by atoms with Gasteiger partial charge in [-0.05, 0) is 48.8 Å². The van der Waals surface area contributed by atoms with Gasteiger partial charge in [0.25, 0.3) is 0 Å². The van der Waals surface area contributed by atoms with Gasteiger partial charge in [-0.1, -0.05) is 6.07 Å². The zero-order chi connectivity index (χ0) is 20.5. The molecule has 1 aliphatic carbocycles. The molecule has 0 N–H and O–H groups in total. The zero-order valence-corrected chi connectivity index (χ0v) is 16.2. The summed E-state index contributed by atoms with van der Waals surface area (Å²) < 4.78 is 39.5.